The number of methoxy groups -OCH3 is 1. The summed E-state index contributed by atoms with van der Waals surface area (Å²) in [7, 11) is 1.65. The first-order valence-corrected chi connectivity index (χ1v) is 11.3. The van der Waals surface area contributed by atoms with E-state index in [1.54, 1.807) is 25.7 Å². The Bertz CT molecular complexity index is 1380. The van der Waals surface area contributed by atoms with Crippen LogP contribution in [0.15, 0.2) is 85.7 Å². The Labute approximate surface area is 202 Å². The summed E-state index contributed by atoms with van der Waals surface area (Å²) in [6.45, 7) is 1.48. The Morgan fingerprint density at radius 2 is 1.91 bits per heavy atom. The summed E-state index contributed by atoms with van der Waals surface area (Å²) >= 11 is 0. The van der Waals surface area contributed by atoms with E-state index in [1.165, 1.54) is 0 Å². The number of H-pyrrole nitrogens is 1. The van der Waals surface area contributed by atoms with E-state index in [0.29, 0.717) is 12.6 Å². The van der Waals surface area contributed by atoms with E-state index in [1.807, 2.05) is 71.7 Å². The van der Waals surface area contributed by atoms with Gasteiger partial charge in [-0.2, -0.15) is 0 Å². The van der Waals surface area contributed by atoms with Gasteiger partial charge in [0.15, 0.2) is 0 Å². The number of rotatable bonds is 10. The zero-order valence-electron chi connectivity index (χ0n) is 19.3. The van der Waals surface area contributed by atoms with E-state index in [-0.39, 0.29) is 0 Å². The molecule has 0 saturated carbocycles. The summed E-state index contributed by atoms with van der Waals surface area (Å²) in [6, 6.07) is 17.3. The molecule has 9 heteroatoms. The Kier molecular flexibility index (Phi) is 6.65. The molecule has 0 spiro atoms. The highest BCUT2D eigenvalue weighted by molar-refractivity contribution is 5.64. The van der Waals surface area contributed by atoms with Crippen molar-refractivity contribution in [2.75, 3.05) is 19.0 Å². The zero-order valence-corrected chi connectivity index (χ0v) is 19.3. The number of aryl methyl sites for hydroxylation is 1. The van der Waals surface area contributed by atoms with Gasteiger partial charge in [0.2, 0.25) is 5.95 Å². The second-order valence-electron chi connectivity index (χ2n) is 7.80. The van der Waals surface area contributed by atoms with Gasteiger partial charge in [-0.3, -0.25) is 0 Å². The van der Waals surface area contributed by atoms with Crippen molar-refractivity contribution in [1.29, 1.82) is 0 Å². The van der Waals surface area contributed by atoms with E-state index in [2.05, 4.69) is 30.2 Å². The van der Waals surface area contributed by atoms with E-state index in [0.717, 1.165) is 52.9 Å². The quantitative estimate of drug-likeness (QED) is 0.280. The van der Waals surface area contributed by atoms with E-state index >= 15 is 0 Å². The van der Waals surface area contributed by atoms with Gasteiger partial charge in [0.25, 0.3) is 0 Å². The predicted molar refractivity (Wildman–Crippen MR) is 134 cm³/mol. The number of nitrogens with one attached hydrogen (secondary N) is 2. The molecule has 0 aliphatic heterocycles. The highest BCUT2D eigenvalue weighted by Crippen LogP contribution is 2.25. The van der Waals surface area contributed by atoms with Crippen molar-refractivity contribution in [3.63, 3.8) is 0 Å². The molecule has 0 unspecified atom stereocenters. The molecular formula is C26H25N7O2. The van der Waals surface area contributed by atoms with Crippen molar-refractivity contribution in [3.05, 3.63) is 85.7 Å². The second-order valence-corrected chi connectivity index (χ2v) is 7.80. The maximum atomic E-state index is 5.90. The Morgan fingerprint density at radius 1 is 1.00 bits per heavy atom. The van der Waals surface area contributed by atoms with Gasteiger partial charge in [-0.25, -0.2) is 19.9 Å². The highest BCUT2D eigenvalue weighted by atomic mass is 16.5. The first-order valence-electron chi connectivity index (χ1n) is 11.3. The molecule has 2 N–H and O–H groups in total. The van der Waals surface area contributed by atoms with Crippen LogP contribution < -0.4 is 14.8 Å². The maximum Gasteiger partial charge on any atom is 0.227 e. The third-order valence-electron chi connectivity index (χ3n) is 5.33. The SMILES string of the molecule is COc1cccc(-c2ncc(-c3ccnc(Nc4cccc(OCCCn5ccnc5)c4)n3)[nH]2)c1. The van der Waals surface area contributed by atoms with Crippen LogP contribution in [-0.2, 0) is 6.54 Å². The first kappa shape index (κ1) is 22.1. The van der Waals surface area contributed by atoms with Crippen LogP contribution in [0, 0.1) is 0 Å². The normalized spacial score (nSPS) is 10.8. The van der Waals surface area contributed by atoms with Crippen molar-refractivity contribution in [2.24, 2.45) is 0 Å². The number of ether oxygens (including phenoxy) is 2. The number of anilines is 2. The van der Waals surface area contributed by atoms with Gasteiger partial charge in [-0.05, 0) is 36.8 Å². The fourth-order valence-electron chi connectivity index (χ4n) is 3.59. The van der Waals surface area contributed by atoms with Crippen molar-refractivity contribution in [1.82, 2.24) is 29.5 Å². The molecule has 3 aromatic heterocycles. The molecule has 0 saturated heterocycles. The van der Waals surface area contributed by atoms with Gasteiger partial charge in [0, 0.05) is 42.5 Å². The summed E-state index contributed by atoms with van der Waals surface area (Å²) in [4.78, 5) is 20.9. The van der Waals surface area contributed by atoms with Crippen LogP contribution in [0.1, 0.15) is 6.42 Å². The minimum absolute atomic E-state index is 0.484. The van der Waals surface area contributed by atoms with Gasteiger partial charge >= 0.3 is 0 Å². The molecule has 176 valence electrons. The largest absolute Gasteiger partial charge is 0.497 e. The molecular weight excluding hydrogens is 442 g/mol. The van der Waals surface area contributed by atoms with Gasteiger partial charge in [-0.1, -0.05) is 18.2 Å². The van der Waals surface area contributed by atoms with Crippen LogP contribution >= 0.6 is 0 Å². The number of imidazole rings is 2. The molecule has 0 atom stereocenters. The third kappa shape index (κ3) is 5.64. The van der Waals surface area contributed by atoms with Crippen LogP contribution in [0.25, 0.3) is 22.8 Å². The lowest BCUT2D eigenvalue weighted by Crippen LogP contribution is -2.03. The van der Waals surface area contributed by atoms with Gasteiger partial charge in [0.05, 0.1) is 37.6 Å². The lowest BCUT2D eigenvalue weighted by Gasteiger charge is -2.10. The fraction of sp³-hybridized carbons (Fsp3) is 0.154. The number of hydrogen-bond donors (Lipinski definition) is 2. The molecule has 0 amide bonds. The van der Waals surface area contributed by atoms with E-state index in [9.17, 15) is 0 Å². The molecule has 2 aromatic carbocycles. The molecule has 3 heterocycles. The summed E-state index contributed by atoms with van der Waals surface area (Å²) in [6.07, 6.45) is 9.90. The monoisotopic (exact) mass is 467 g/mol. The van der Waals surface area contributed by atoms with Crippen LogP contribution in [0.5, 0.6) is 11.5 Å². The average Bonchev–Trinajstić information content (AvgIpc) is 3.60. The number of aromatic nitrogens is 6. The van der Waals surface area contributed by atoms with Crippen molar-refractivity contribution in [2.45, 2.75) is 13.0 Å². The number of benzene rings is 2. The Morgan fingerprint density at radius 3 is 2.80 bits per heavy atom. The zero-order chi connectivity index (χ0) is 23.9. The second kappa shape index (κ2) is 10.5. The summed E-state index contributed by atoms with van der Waals surface area (Å²) in [5, 5.41) is 3.26. The van der Waals surface area contributed by atoms with Crippen LogP contribution in [0.3, 0.4) is 0 Å². The van der Waals surface area contributed by atoms with Gasteiger partial charge < -0.3 is 24.3 Å². The van der Waals surface area contributed by atoms with E-state index < -0.39 is 0 Å². The minimum atomic E-state index is 0.484. The molecule has 0 radical (unpaired) electrons. The van der Waals surface area contributed by atoms with Crippen molar-refractivity contribution >= 4 is 11.6 Å². The molecule has 0 aliphatic rings. The maximum absolute atomic E-state index is 5.90. The number of aromatic amines is 1. The molecule has 5 aromatic rings. The Balaban J connectivity index is 1.23. The van der Waals surface area contributed by atoms with Crippen LogP contribution in [0.2, 0.25) is 0 Å². The number of hydrogen-bond acceptors (Lipinski definition) is 7. The standard InChI is InChI=1S/C26H25N7O2/c1-34-21-7-2-5-19(15-21)25-29-17-24(31-25)23-9-10-28-26(32-23)30-20-6-3-8-22(16-20)35-14-4-12-33-13-11-27-18-33/h2-3,5-11,13,15-18H,4,12,14H2,1H3,(H,29,31)(H,28,30,32). The highest BCUT2D eigenvalue weighted by Gasteiger charge is 2.09. The Hall–Kier alpha value is -4.66. The van der Waals surface area contributed by atoms with Gasteiger partial charge in [0.1, 0.15) is 17.3 Å². The molecule has 0 aliphatic carbocycles. The summed E-state index contributed by atoms with van der Waals surface area (Å²) < 4.78 is 13.2. The minimum Gasteiger partial charge on any atom is -0.497 e. The molecule has 35 heavy (non-hydrogen) atoms. The summed E-state index contributed by atoms with van der Waals surface area (Å²) in [5.74, 6) is 2.79. The molecule has 9 nitrogen and oxygen atoms in total. The topological polar surface area (TPSA) is 103 Å². The summed E-state index contributed by atoms with van der Waals surface area (Å²) in [5.41, 5.74) is 3.31. The lowest BCUT2D eigenvalue weighted by atomic mass is 10.2. The number of nitrogens with zero attached hydrogens (tertiary/aromatic N) is 5. The fourth-order valence-corrected chi connectivity index (χ4v) is 3.59. The molecule has 5 rings (SSSR count). The molecule has 0 bridgehead atoms. The van der Waals surface area contributed by atoms with Crippen LogP contribution in [-0.4, -0.2) is 43.2 Å². The third-order valence-corrected chi connectivity index (χ3v) is 5.33. The predicted octanol–water partition coefficient (Wildman–Crippen LogP) is 4.95. The van der Waals surface area contributed by atoms with Crippen LogP contribution in [0.4, 0.5) is 11.6 Å². The lowest BCUT2D eigenvalue weighted by molar-refractivity contribution is 0.302. The van der Waals surface area contributed by atoms with Crippen molar-refractivity contribution in [3.8, 4) is 34.3 Å². The average molecular weight is 468 g/mol. The smallest absolute Gasteiger partial charge is 0.227 e. The van der Waals surface area contributed by atoms with Crippen molar-refractivity contribution < 1.29 is 9.47 Å². The van der Waals surface area contributed by atoms with Gasteiger partial charge in [-0.15, -0.1) is 0 Å². The molecule has 0 fully saturated rings. The first-order chi connectivity index (χ1) is 17.3. The van der Waals surface area contributed by atoms with E-state index in [4.69, 9.17) is 9.47 Å².